The van der Waals surface area contributed by atoms with E-state index in [1.165, 1.54) is 36.4 Å². The molecule has 3 rings (SSSR count). The van der Waals surface area contributed by atoms with Gasteiger partial charge in [-0.15, -0.1) is 0 Å². The van der Waals surface area contributed by atoms with Crippen LogP contribution >= 0.6 is 34.8 Å². The highest BCUT2D eigenvalue weighted by atomic mass is 35.5. The Labute approximate surface area is 194 Å². The van der Waals surface area contributed by atoms with Crippen LogP contribution in [0.3, 0.4) is 0 Å². The van der Waals surface area contributed by atoms with Crippen molar-refractivity contribution in [3.05, 3.63) is 51.7 Å². The minimum atomic E-state index is -3.73. The van der Waals surface area contributed by atoms with E-state index in [1.54, 1.807) is 21.1 Å². The van der Waals surface area contributed by atoms with Crippen molar-refractivity contribution < 1.29 is 8.42 Å². The Bertz CT molecular complexity index is 1090. The van der Waals surface area contributed by atoms with Gasteiger partial charge < -0.3 is 16.0 Å². The fourth-order valence-corrected chi connectivity index (χ4v) is 3.59. The Balaban J connectivity index is 0.000000285. The van der Waals surface area contributed by atoms with Crippen molar-refractivity contribution in [3.63, 3.8) is 0 Å². The number of sulfonamides is 1. The highest BCUT2D eigenvalue weighted by Crippen LogP contribution is 2.19. The second-order valence-electron chi connectivity index (χ2n) is 5.61. The Morgan fingerprint density at radius 2 is 1.23 bits per heavy atom. The first-order valence-electron chi connectivity index (χ1n) is 8.57. The molecule has 0 amide bonds. The van der Waals surface area contributed by atoms with Crippen LogP contribution < -0.4 is 20.7 Å². The third-order valence-electron chi connectivity index (χ3n) is 3.46. The SMILES string of the molecule is CNc1cc(NS(=O)(=O)c2ccc(Cl)cc2)nc(NC)n1.CNc1nc(Cl)cc(Cl)n1. The maximum atomic E-state index is 12.3. The second-order valence-corrected chi connectivity index (χ2v) is 8.50. The third kappa shape index (κ3) is 7.55. The molecule has 0 unspecified atom stereocenters. The molecule has 0 atom stereocenters. The largest absolute Gasteiger partial charge is 0.373 e. The first kappa shape index (κ1) is 24.7. The van der Waals surface area contributed by atoms with Gasteiger partial charge in [-0.25, -0.2) is 18.4 Å². The van der Waals surface area contributed by atoms with Crippen LogP contribution in [0.2, 0.25) is 15.3 Å². The predicted octanol–water partition coefficient (Wildman–Crippen LogP) is 3.84. The molecular formula is C17H19Cl3N8O2S. The zero-order valence-electron chi connectivity index (χ0n) is 16.6. The molecule has 3 aromatic rings. The summed E-state index contributed by atoms with van der Waals surface area (Å²) < 4.78 is 26.9. The summed E-state index contributed by atoms with van der Waals surface area (Å²) in [7, 11) is 1.29. The Morgan fingerprint density at radius 3 is 1.74 bits per heavy atom. The minimum Gasteiger partial charge on any atom is -0.373 e. The lowest BCUT2D eigenvalue weighted by Crippen LogP contribution is -2.15. The zero-order chi connectivity index (χ0) is 23.0. The van der Waals surface area contributed by atoms with E-state index in [9.17, 15) is 8.42 Å². The molecule has 0 aliphatic rings. The monoisotopic (exact) mass is 504 g/mol. The Morgan fingerprint density at radius 1 is 0.710 bits per heavy atom. The molecule has 0 radical (unpaired) electrons. The normalized spacial score (nSPS) is 10.5. The summed E-state index contributed by atoms with van der Waals surface area (Å²) in [6, 6.07) is 8.83. The van der Waals surface area contributed by atoms with Crippen LogP contribution in [0.4, 0.5) is 23.5 Å². The predicted molar refractivity (Wildman–Crippen MR) is 125 cm³/mol. The number of nitrogens with zero attached hydrogens (tertiary/aromatic N) is 4. The standard InChI is InChI=1S/C12H14ClN5O2S.C5H5Cl2N3/c1-14-10-7-11(17-12(15-2)16-10)18-21(19,20)9-5-3-8(13)4-6-9;1-8-5-9-3(6)2-4(7)10-5/h3-7H,1-2H3,(H3,14,15,16,17,18);2H,1H3,(H,8,9,10). The van der Waals surface area contributed by atoms with Crippen LogP contribution in [0.25, 0.3) is 0 Å². The summed E-state index contributed by atoms with van der Waals surface area (Å²) in [5.74, 6) is 1.38. The van der Waals surface area contributed by atoms with E-state index in [2.05, 4.69) is 40.6 Å². The molecule has 0 spiro atoms. The summed E-state index contributed by atoms with van der Waals surface area (Å²) in [4.78, 5) is 15.9. The lowest BCUT2D eigenvalue weighted by molar-refractivity contribution is 0.601. The van der Waals surface area contributed by atoms with Crippen molar-refractivity contribution in [3.8, 4) is 0 Å². The highest BCUT2D eigenvalue weighted by Gasteiger charge is 2.16. The van der Waals surface area contributed by atoms with Crippen LogP contribution in [0.15, 0.2) is 41.3 Å². The second kappa shape index (κ2) is 11.1. The van der Waals surface area contributed by atoms with Gasteiger partial charge in [0.05, 0.1) is 4.90 Å². The summed E-state index contributed by atoms with van der Waals surface area (Å²) in [5, 5.41) is 9.45. The topological polar surface area (TPSA) is 134 Å². The molecule has 10 nitrogen and oxygen atoms in total. The van der Waals surface area contributed by atoms with Gasteiger partial charge in [-0.2, -0.15) is 9.97 Å². The van der Waals surface area contributed by atoms with Crippen molar-refractivity contribution in [1.82, 2.24) is 19.9 Å². The molecule has 166 valence electrons. The van der Waals surface area contributed by atoms with Crippen LogP contribution in [-0.4, -0.2) is 49.5 Å². The molecule has 0 saturated heterocycles. The molecule has 0 bridgehead atoms. The molecular weight excluding hydrogens is 487 g/mol. The Kier molecular flexibility index (Phi) is 8.87. The molecule has 0 aliphatic heterocycles. The van der Waals surface area contributed by atoms with Gasteiger partial charge in [0.2, 0.25) is 11.9 Å². The van der Waals surface area contributed by atoms with E-state index >= 15 is 0 Å². The molecule has 2 heterocycles. The van der Waals surface area contributed by atoms with E-state index < -0.39 is 10.0 Å². The van der Waals surface area contributed by atoms with Crippen molar-refractivity contribution in [2.75, 3.05) is 41.8 Å². The van der Waals surface area contributed by atoms with Crippen molar-refractivity contribution in [2.24, 2.45) is 0 Å². The third-order valence-corrected chi connectivity index (χ3v) is 5.47. The van der Waals surface area contributed by atoms with Crippen molar-refractivity contribution >= 4 is 68.4 Å². The van der Waals surface area contributed by atoms with Crippen LogP contribution in [0.1, 0.15) is 0 Å². The first-order valence-corrected chi connectivity index (χ1v) is 11.2. The molecule has 0 aliphatic carbocycles. The number of rotatable bonds is 6. The van der Waals surface area contributed by atoms with Crippen LogP contribution in [0.5, 0.6) is 0 Å². The van der Waals surface area contributed by atoms with Gasteiger partial charge >= 0.3 is 0 Å². The first-order chi connectivity index (χ1) is 14.7. The summed E-state index contributed by atoms with van der Waals surface area (Å²) in [5.41, 5.74) is 0. The molecule has 31 heavy (non-hydrogen) atoms. The van der Waals surface area contributed by atoms with Crippen LogP contribution in [0, 0.1) is 0 Å². The summed E-state index contributed by atoms with van der Waals surface area (Å²) >= 11 is 16.9. The maximum Gasteiger partial charge on any atom is 0.263 e. The quantitative estimate of drug-likeness (QED) is 0.369. The number of benzene rings is 1. The van der Waals surface area contributed by atoms with Crippen LogP contribution in [-0.2, 0) is 10.0 Å². The van der Waals surface area contributed by atoms with Gasteiger partial charge in [-0.3, -0.25) is 4.72 Å². The number of aromatic nitrogens is 4. The lowest BCUT2D eigenvalue weighted by atomic mass is 10.4. The lowest BCUT2D eigenvalue weighted by Gasteiger charge is -2.10. The summed E-state index contributed by atoms with van der Waals surface area (Å²) in [6.07, 6.45) is 0. The maximum absolute atomic E-state index is 12.3. The zero-order valence-corrected chi connectivity index (χ0v) is 19.7. The minimum absolute atomic E-state index is 0.0996. The van der Waals surface area contributed by atoms with Gasteiger partial charge in [-0.1, -0.05) is 34.8 Å². The average Bonchev–Trinajstić information content (AvgIpc) is 2.73. The highest BCUT2D eigenvalue weighted by molar-refractivity contribution is 7.92. The fourth-order valence-electron chi connectivity index (χ4n) is 2.05. The smallest absolute Gasteiger partial charge is 0.263 e. The molecule has 0 fully saturated rings. The van der Waals surface area contributed by atoms with Crippen molar-refractivity contribution in [1.29, 1.82) is 0 Å². The van der Waals surface area contributed by atoms with Crippen molar-refractivity contribution in [2.45, 2.75) is 4.90 Å². The number of anilines is 4. The van der Waals surface area contributed by atoms with E-state index in [0.29, 0.717) is 33.0 Å². The number of hydrogen-bond donors (Lipinski definition) is 4. The van der Waals surface area contributed by atoms with Gasteiger partial charge in [0.25, 0.3) is 10.0 Å². The Hall–Kier alpha value is -2.60. The average molecular weight is 506 g/mol. The molecule has 4 N–H and O–H groups in total. The summed E-state index contributed by atoms with van der Waals surface area (Å²) in [6.45, 7) is 0. The van der Waals surface area contributed by atoms with Gasteiger partial charge in [-0.05, 0) is 24.3 Å². The van der Waals surface area contributed by atoms with E-state index in [-0.39, 0.29) is 10.7 Å². The molecule has 14 heteroatoms. The number of halogens is 3. The van der Waals surface area contributed by atoms with Gasteiger partial charge in [0.1, 0.15) is 21.9 Å². The van der Waals surface area contributed by atoms with Gasteiger partial charge in [0, 0.05) is 38.3 Å². The van der Waals surface area contributed by atoms with E-state index in [0.717, 1.165) is 0 Å². The van der Waals surface area contributed by atoms with E-state index in [4.69, 9.17) is 34.8 Å². The fraction of sp³-hybridized carbons (Fsp3) is 0.176. The molecule has 0 saturated carbocycles. The van der Waals surface area contributed by atoms with Gasteiger partial charge in [0.15, 0.2) is 0 Å². The molecule has 1 aromatic carbocycles. The van der Waals surface area contributed by atoms with E-state index in [1.807, 2.05) is 0 Å². The number of hydrogen-bond acceptors (Lipinski definition) is 9. The number of nitrogens with one attached hydrogen (secondary N) is 4. The molecule has 2 aromatic heterocycles.